The highest BCUT2D eigenvalue weighted by Gasteiger charge is 2.10. The van der Waals surface area contributed by atoms with Crippen molar-refractivity contribution in [1.82, 2.24) is 15.5 Å². The SMILES string of the molecule is Cc1ccc(CNC(C)c2nnc(C)s2)o1. The molecular weight excluding hydrogens is 222 g/mol. The number of nitrogens with one attached hydrogen (secondary N) is 1. The average Bonchev–Trinajstić information content (AvgIpc) is 2.84. The van der Waals surface area contributed by atoms with Crippen LogP contribution in [-0.2, 0) is 6.54 Å². The second-order valence-corrected chi connectivity index (χ2v) is 4.99. The van der Waals surface area contributed by atoms with E-state index in [0.717, 1.165) is 21.5 Å². The maximum atomic E-state index is 5.48. The molecule has 86 valence electrons. The van der Waals surface area contributed by atoms with Gasteiger partial charge in [-0.05, 0) is 32.9 Å². The third-order valence-corrected chi connectivity index (χ3v) is 3.31. The van der Waals surface area contributed by atoms with Crippen LogP contribution in [0.4, 0.5) is 0 Å². The third kappa shape index (κ3) is 2.68. The van der Waals surface area contributed by atoms with E-state index in [9.17, 15) is 0 Å². The van der Waals surface area contributed by atoms with E-state index in [1.807, 2.05) is 26.0 Å². The lowest BCUT2D eigenvalue weighted by molar-refractivity contribution is 0.443. The molecule has 0 radical (unpaired) electrons. The fourth-order valence-electron chi connectivity index (χ4n) is 1.41. The summed E-state index contributed by atoms with van der Waals surface area (Å²) < 4.78 is 5.48. The predicted octanol–water partition coefficient (Wildman–Crippen LogP) is 2.60. The van der Waals surface area contributed by atoms with Gasteiger partial charge >= 0.3 is 0 Å². The molecule has 0 saturated heterocycles. The molecule has 0 aliphatic heterocycles. The van der Waals surface area contributed by atoms with Crippen LogP contribution in [0.2, 0.25) is 0 Å². The summed E-state index contributed by atoms with van der Waals surface area (Å²) in [6.07, 6.45) is 0. The molecule has 1 unspecified atom stereocenters. The van der Waals surface area contributed by atoms with Gasteiger partial charge in [-0.15, -0.1) is 21.5 Å². The van der Waals surface area contributed by atoms with Crippen molar-refractivity contribution in [2.75, 3.05) is 0 Å². The maximum absolute atomic E-state index is 5.48. The Kier molecular flexibility index (Phi) is 3.36. The summed E-state index contributed by atoms with van der Waals surface area (Å²) in [6.45, 7) is 6.70. The van der Waals surface area contributed by atoms with E-state index < -0.39 is 0 Å². The second-order valence-electron chi connectivity index (χ2n) is 3.77. The van der Waals surface area contributed by atoms with E-state index in [4.69, 9.17) is 4.42 Å². The smallest absolute Gasteiger partial charge is 0.134 e. The number of hydrogen-bond acceptors (Lipinski definition) is 5. The van der Waals surface area contributed by atoms with Crippen LogP contribution in [0, 0.1) is 13.8 Å². The van der Waals surface area contributed by atoms with Gasteiger partial charge in [-0.3, -0.25) is 0 Å². The van der Waals surface area contributed by atoms with Crippen molar-refractivity contribution in [3.8, 4) is 0 Å². The summed E-state index contributed by atoms with van der Waals surface area (Å²) in [5.74, 6) is 1.89. The van der Waals surface area contributed by atoms with Crippen LogP contribution < -0.4 is 5.32 Å². The fraction of sp³-hybridized carbons (Fsp3) is 0.455. The van der Waals surface area contributed by atoms with Crippen LogP contribution in [0.5, 0.6) is 0 Å². The number of aryl methyl sites for hydroxylation is 2. The Morgan fingerprint density at radius 3 is 2.75 bits per heavy atom. The lowest BCUT2D eigenvalue weighted by atomic mass is 10.3. The van der Waals surface area contributed by atoms with Gasteiger partial charge in [0.15, 0.2) is 0 Å². The summed E-state index contributed by atoms with van der Waals surface area (Å²) in [5.41, 5.74) is 0. The van der Waals surface area contributed by atoms with Gasteiger partial charge in [-0.1, -0.05) is 0 Å². The van der Waals surface area contributed by atoms with Gasteiger partial charge in [-0.2, -0.15) is 0 Å². The molecule has 2 aromatic rings. The normalized spacial score (nSPS) is 12.9. The third-order valence-electron chi connectivity index (χ3n) is 2.29. The summed E-state index contributed by atoms with van der Waals surface area (Å²) in [4.78, 5) is 0. The Morgan fingerprint density at radius 2 is 2.19 bits per heavy atom. The van der Waals surface area contributed by atoms with Gasteiger partial charge in [0.25, 0.3) is 0 Å². The molecule has 4 nitrogen and oxygen atoms in total. The largest absolute Gasteiger partial charge is 0.465 e. The Morgan fingerprint density at radius 1 is 1.38 bits per heavy atom. The van der Waals surface area contributed by atoms with Crippen molar-refractivity contribution in [1.29, 1.82) is 0 Å². The highest BCUT2D eigenvalue weighted by Crippen LogP contribution is 2.17. The van der Waals surface area contributed by atoms with Gasteiger partial charge in [0.1, 0.15) is 21.5 Å². The van der Waals surface area contributed by atoms with E-state index in [1.54, 1.807) is 11.3 Å². The van der Waals surface area contributed by atoms with Crippen LogP contribution in [0.25, 0.3) is 0 Å². The maximum Gasteiger partial charge on any atom is 0.134 e. The summed E-state index contributed by atoms with van der Waals surface area (Å²) in [6, 6.07) is 4.16. The standard InChI is InChI=1S/C11H15N3OS/c1-7-4-5-10(15-7)6-12-8(2)11-14-13-9(3)16-11/h4-5,8,12H,6H2,1-3H3. The highest BCUT2D eigenvalue weighted by molar-refractivity contribution is 7.11. The molecule has 1 atom stereocenters. The molecular formula is C11H15N3OS. The number of nitrogens with zero attached hydrogens (tertiary/aromatic N) is 2. The number of hydrogen-bond donors (Lipinski definition) is 1. The van der Waals surface area contributed by atoms with Crippen LogP contribution in [0.1, 0.15) is 34.5 Å². The molecule has 16 heavy (non-hydrogen) atoms. The average molecular weight is 237 g/mol. The molecule has 2 aromatic heterocycles. The topological polar surface area (TPSA) is 51.0 Å². The molecule has 2 rings (SSSR count). The van der Waals surface area contributed by atoms with E-state index >= 15 is 0 Å². The van der Waals surface area contributed by atoms with Crippen LogP contribution in [0.3, 0.4) is 0 Å². The van der Waals surface area contributed by atoms with Crippen LogP contribution >= 0.6 is 11.3 Å². The van der Waals surface area contributed by atoms with Gasteiger partial charge in [-0.25, -0.2) is 0 Å². The minimum Gasteiger partial charge on any atom is -0.465 e. The van der Waals surface area contributed by atoms with Crippen molar-refractivity contribution in [3.63, 3.8) is 0 Å². The highest BCUT2D eigenvalue weighted by atomic mass is 32.1. The number of furan rings is 1. The minimum absolute atomic E-state index is 0.205. The van der Waals surface area contributed by atoms with Crippen molar-refractivity contribution in [3.05, 3.63) is 33.7 Å². The molecule has 0 aromatic carbocycles. The van der Waals surface area contributed by atoms with Crippen LogP contribution in [-0.4, -0.2) is 10.2 Å². The second kappa shape index (κ2) is 4.76. The molecule has 0 bridgehead atoms. The summed E-state index contributed by atoms with van der Waals surface area (Å²) in [5, 5.41) is 13.5. The zero-order valence-electron chi connectivity index (χ0n) is 9.65. The van der Waals surface area contributed by atoms with Crippen LogP contribution in [0.15, 0.2) is 16.5 Å². The van der Waals surface area contributed by atoms with Crippen molar-refractivity contribution in [2.24, 2.45) is 0 Å². The lowest BCUT2D eigenvalue weighted by Crippen LogP contribution is -2.17. The van der Waals surface area contributed by atoms with Gasteiger partial charge < -0.3 is 9.73 Å². The van der Waals surface area contributed by atoms with E-state index in [1.165, 1.54) is 0 Å². The van der Waals surface area contributed by atoms with Gasteiger partial charge in [0.2, 0.25) is 0 Å². The molecule has 0 amide bonds. The molecule has 0 saturated carbocycles. The Labute approximate surface area is 98.7 Å². The summed E-state index contributed by atoms with van der Waals surface area (Å²) >= 11 is 1.62. The molecule has 0 spiro atoms. The molecule has 0 fully saturated rings. The van der Waals surface area contributed by atoms with Gasteiger partial charge in [0, 0.05) is 0 Å². The Balaban J connectivity index is 1.91. The Hall–Kier alpha value is -1.20. The molecule has 2 heterocycles. The van der Waals surface area contributed by atoms with Crippen molar-refractivity contribution >= 4 is 11.3 Å². The first kappa shape index (κ1) is 11.3. The minimum atomic E-state index is 0.205. The van der Waals surface area contributed by atoms with Gasteiger partial charge in [0.05, 0.1) is 12.6 Å². The van der Waals surface area contributed by atoms with E-state index in [-0.39, 0.29) is 6.04 Å². The first-order valence-electron chi connectivity index (χ1n) is 5.24. The molecule has 1 N–H and O–H groups in total. The predicted molar refractivity (Wildman–Crippen MR) is 63.3 cm³/mol. The molecule has 0 aliphatic rings. The lowest BCUT2D eigenvalue weighted by Gasteiger charge is -2.08. The molecule has 5 heteroatoms. The number of aromatic nitrogens is 2. The summed E-state index contributed by atoms with van der Waals surface area (Å²) in [7, 11) is 0. The first-order chi connectivity index (χ1) is 7.65. The molecule has 0 aliphatic carbocycles. The van der Waals surface area contributed by atoms with E-state index in [0.29, 0.717) is 6.54 Å². The Bertz CT molecular complexity index is 463. The number of rotatable bonds is 4. The van der Waals surface area contributed by atoms with E-state index in [2.05, 4.69) is 22.4 Å². The van der Waals surface area contributed by atoms with Crippen molar-refractivity contribution in [2.45, 2.75) is 33.4 Å². The fourth-order valence-corrected chi connectivity index (χ4v) is 2.13. The first-order valence-corrected chi connectivity index (χ1v) is 6.05. The monoisotopic (exact) mass is 237 g/mol. The zero-order valence-corrected chi connectivity index (χ0v) is 10.5. The quantitative estimate of drug-likeness (QED) is 0.888. The zero-order chi connectivity index (χ0) is 11.5. The van der Waals surface area contributed by atoms with Crippen molar-refractivity contribution < 1.29 is 4.42 Å².